The van der Waals surface area contributed by atoms with E-state index in [4.69, 9.17) is 0 Å². The summed E-state index contributed by atoms with van der Waals surface area (Å²) in [4.78, 5) is 40.3. The van der Waals surface area contributed by atoms with E-state index in [1.165, 1.54) is 4.57 Å². The van der Waals surface area contributed by atoms with Gasteiger partial charge in [0.25, 0.3) is 5.56 Å². The third kappa shape index (κ3) is 2.13. The molecule has 1 saturated carbocycles. The summed E-state index contributed by atoms with van der Waals surface area (Å²) in [6.45, 7) is 0. The van der Waals surface area contributed by atoms with E-state index in [1.807, 2.05) is 0 Å². The second-order valence-electron chi connectivity index (χ2n) is 5.24. The first-order valence-corrected chi connectivity index (χ1v) is 6.96. The molecule has 0 bridgehead atoms. The molecule has 1 aromatic carbocycles. The van der Waals surface area contributed by atoms with Gasteiger partial charge in [-0.2, -0.15) is 0 Å². The number of aliphatic hydroxyl groups is 1. The molecule has 6 nitrogen and oxygen atoms in total. The Morgan fingerprint density at radius 2 is 1.77 bits per heavy atom. The maximum Gasteiger partial charge on any atom is 0.280 e. The molecule has 1 heterocycles. The molecule has 0 radical (unpaired) electrons. The van der Waals surface area contributed by atoms with E-state index in [1.54, 1.807) is 31.3 Å². The molecule has 112 valence electrons. The number of hydrogen-bond donors (Lipinski definition) is 1. The Bertz CT molecular complexity index is 875. The van der Waals surface area contributed by atoms with E-state index in [9.17, 15) is 19.5 Å². The zero-order valence-corrected chi connectivity index (χ0v) is 12.0. The van der Waals surface area contributed by atoms with Crippen molar-refractivity contribution in [3.63, 3.8) is 0 Å². The van der Waals surface area contributed by atoms with Gasteiger partial charge < -0.3 is 9.67 Å². The van der Waals surface area contributed by atoms with Crippen LogP contribution in [0, 0.1) is 0 Å². The molecule has 0 unspecified atom stereocenters. The lowest BCUT2D eigenvalue weighted by molar-refractivity contribution is -0.123. The highest BCUT2D eigenvalue weighted by atomic mass is 16.3. The highest BCUT2D eigenvalue weighted by Gasteiger charge is 2.29. The molecule has 6 heteroatoms. The molecular formula is C16H14N2O4. The number of allylic oxidation sites excluding steroid dienone is 1. The number of rotatable bonds is 1. The molecule has 1 fully saturated rings. The maximum absolute atomic E-state index is 12.4. The molecule has 1 aliphatic rings. The lowest BCUT2D eigenvalue weighted by Crippen LogP contribution is -2.26. The van der Waals surface area contributed by atoms with Crippen LogP contribution in [0.25, 0.3) is 16.8 Å². The zero-order chi connectivity index (χ0) is 15.9. The summed E-state index contributed by atoms with van der Waals surface area (Å²) in [5.74, 6) is -1.49. The van der Waals surface area contributed by atoms with E-state index in [-0.39, 0.29) is 24.1 Å². The van der Waals surface area contributed by atoms with Gasteiger partial charge in [0, 0.05) is 19.9 Å². The number of carbonyl (C=O) groups excluding carboxylic acids is 2. The monoisotopic (exact) mass is 298 g/mol. The molecule has 3 rings (SSSR count). The number of ketones is 2. The normalized spacial score (nSPS) is 15.4. The number of carbonyl (C=O) groups is 2. The molecule has 1 N–H and O–H groups in total. The zero-order valence-electron chi connectivity index (χ0n) is 12.0. The number of Topliss-reactive ketones (excluding diaryl/α,β-unsaturated/α-hetero) is 2. The minimum atomic E-state index is -0.610. The van der Waals surface area contributed by atoms with E-state index in [0.717, 1.165) is 0 Å². The standard InChI is InChI=1S/C16H14N2O4/c1-18-10-6-3-2-5-9(10)17-14(16(18)22)15(21)13-11(19)7-4-8-12(13)20/h2-3,5-6,21H,4,7-8H2,1H3. The number of hydrogen-bond acceptors (Lipinski definition) is 5. The fraction of sp³-hybridized carbons (Fsp3) is 0.250. The van der Waals surface area contributed by atoms with Gasteiger partial charge in [0.15, 0.2) is 23.0 Å². The molecule has 0 aliphatic heterocycles. The summed E-state index contributed by atoms with van der Waals surface area (Å²) >= 11 is 0. The highest BCUT2D eigenvalue weighted by Crippen LogP contribution is 2.23. The fourth-order valence-corrected chi connectivity index (χ4v) is 2.63. The van der Waals surface area contributed by atoms with Crippen molar-refractivity contribution in [3.05, 3.63) is 45.9 Å². The van der Waals surface area contributed by atoms with Gasteiger partial charge in [0.05, 0.1) is 11.0 Å². The van der Waals surface area contributed by atoms with Crippen molar-refractivity contribution in [3.8, 4) is 0 Å². The molecule has 0 atom stereocenters. The van der Waals surface area contributed by atoms with Crippen LogP contribution in [0.5, 0.6) is 0 Å². The average molecular weight is 298 g/mol. The van der Waals surface area contributed by atoms with Gasteiger partial charge in [0.2, 0.25) is 0 Å². The summed E-state index contributed by atoms with van der Waals surface area (Å²) < 4.78 is 1.34. The minimum absolute atomic E-state index is 0.193. The van der Waals surface area contributed by atoms with Crippen molar-refractivity contribution in [1.29, 1.82) is 0 Å². The van der Waals surface area contributed by atoms with Crippen LogP contribution in [0.2, 0.25) is 0 Å². The third-order valence-corrected chi connectivity index (χ3v) is 3.81. The van der Waals surface area contributed by atoms with Crippen LogP contribution in [-0.4, -0.2) is 26.2 Å². The summed E-state index contributed by atoms with van der Waals surface area (Å²) in [6.07, 6.45) is 0.857. The largest absolute Gasteiger partial charge is 0.505 e. The number of nitrogens with zero attached hydrogens (tertiary/aromatic N) is 2. The Morgan fingerprint density at radius 3 is 2.45 bits per heavy atom. The summed E-state index contributed by atoms with van der Waals surface area (Å²) in [5, 5.41) is 10.3. The van der Waals surface area contributed by atoms with Crippen LogP contribution >= 0.6 is 0 Å². The molecular weight excluding hydrogens is 284 g/mol. The Balaban J connectivity index is 2.30. The Morgan fingerprint density at radius 1 is 1.14 bits per heavy atom. The van der Waals surface area contributed by atoms with Crippen LogP contribution in [0.3, 0.4) is 0 Å². The van der Waals surface area contributed by atoms with Gasteiger partial charge in [-0.15, -0.1) is 0 Å². The summed E-state index contributed by atoms with van der Waals surface area (Å²) in [5.41, 5.74) is -0.00129. The van der Waals surface area contributed by atoms with Gasteiger partial charge in [-0.25, -0.2) is 4.98 Å². The van der Waals surface area contributed by atoms with Crippen molar-refractivity contribution >= 4 is 28.4 Å². The minimum Gasteiger partial charge on any atom is -0.505 e. The highest BCUT2D eigenvalue weighted by molar-refractivity contribution is 6.25. The quantitative estimate of drug-likeness (QED) is 0.490. The Hall–Kier alpha value is -2.76. The molecule has 2 aromatic rings. The first-order valence-electron chi connectivity index (χ1n) is 6.96. The molecule has 1 aliphatic carbocycles. The predicted molar refractivity (Wildman–Crippen MR) is 80.4 cm³/mol. The van der Waals surface area contributed by atoms with Crippen LogP contribution in [-0.2, 0) is 16.6 Å². The SMILES string of the molecule is Cn1c(=O)c(C(O)=C2C(=O)CCCC2=O)nc2ccccc21. The number of benzene rings is 1. The Kier molecular flexibility index (Phi) is 3.36. The predicted octanol–water partition coefficient (Wildman–Crippen LogP) is 1.52. The van der Waals surface area contributed by atoms with E-state index in [2.05, 4.69) is 4.98 Å². The number of para-hydroxylation sites is 2. The molecule has 0 saturated heterocycles. The number of aryl methyl sites for hydroxylation is 1. The molecule has 0 amide bonds. The fourth-order valence-electron chi connectivity index (χ4n) is 2.63. The Labute approximate surface area is 125 Å². The lowest BCUT2D eigenvalue weighted by atomic mass is 9.90. The first-order chi connectivity index (χ1) is 10.5. The van der Waals surface area contributed by atoms with Crippen molar-refractivity contribution in [2.24, 2.45) is 7.05 Å². The van der Waals surface area contributed by atoms with Gasteiger partial charge in [-0.1, -0.05) is 12.1 Å². The molecule has 1 aromatic heterocycles. The van der Waals surface area contributed by atoms with Crippen molar-refractivity contribution in [2.45, 2.75) is 19.3 Å². The van der Waals surface area contributed by atoms with E-state index >= 15 is 0 Å². The van der Waals surface area contributed by atoms with Crippen molar-refractivity contribution in [2.75, 3.05) is 0 Å². The third-order valence-electron chi connectivity index (χ3n) is 3.81. The van der Waals surface area contributed by atoms with Crippen LogP contribution in [0.4, 0.5) is 0 Å². The topological polar surface area (TPSA) is 89.3 Å². The number of fused-ring (bicyclic) bond motifs is 1. The van der Waals surface area contributed by atoms with Crippen molar-refractivity contribution < 1.29 is 14.7 Å². The van der Waals surface area contributed by atoms with E-state index in [0.29, 0.717) is 17.5 Å². The second-order valence-corrected chi connectivity index (χ2v) is 5.24. The van der Waals surface area contributed by atoms with E-state index < -0.39 is 22.9 Å². The van der Waals surface area contributed by atoms with Gasteiger partial charge in [0.1, 0.15) is 5.57 Å². The van der Waals surface area contributed by atoms with Crippen molar-refractivity contribution in [1.82, 2.24) is 9.55 Å². The molecule has 22 heavy (non-hydrogen) atoms. The van der Waals surface area contributed by atoms with Gasteiger partial charge in [-0.3, -0.25) is 14.4 Å². The van der Waals surface area contributed by atoms with Gasteiger partial charge in [-0.05, 0) is 18.6 Å². The lowest BCUT2D eigenvalue weighted by Gasteiger charge is -2.14. The van der Waals surface area contributed by atoms with Crippen LogP contribution in [0.15, 0.2) is 34.6 Å². The first kappa shape index (κ1) is 14.2. The van der Waals surface area contributed by atoms with Gasteiger partial charge >= 0.3 is 0 Å². The van der Waals surface area contributed by atoms with Crippen LogP contribution in [0.1, 0.15) is 25.0 Å². The number of aromatic nitrogens is 2. The van der Waals surface area contributed by atoms with Crippen LogP contribution < -0.4 is 5.56 Å². The summed E-state index contributed by atoms with van der Waals surface area (Å²) in [7, 11) is 1.55. The maximum atomic E-state index is 12.4. The summed E-state index contributed by atoms with van der Waals surface area (Å²) in [6, 6.07) is 6.95. The number of aliphatic hydroxyl groups excluding tert-OH is 1. The second kappa shape index (κ2) is 5.22. The molecule has 0 spiro atoms. The average Bonchev–Trinajstić information content (AvgIpc) is 2.50. The smallest absolute Gasteiger partial charge is 0.280 e.